The quantitative estimate of drug-likeness (QED) is 0.622. The summed E-state index contributed by atoms with van der Waals surface area (Å²) in [5.74, 6) is 1.72. The summed E-state index contributed by atoms with van der Waals surface area (Å²) in [6.45, 7) is 3.27. The van der Waals surface area contributed by atoms with Crippen LogP contribution in [0.1, 0.15) is 18.1 Å². The van der Waals surface area contributed by atoms with Gasteiger partial charge in [-0.3, -0.25) is 4.99 Å². The molecule has 3 nitrogen and oxygen atoms in total. The number of hydrogen-bond donors (Lipinski definition) is 0. The second-order valence-corrected chi connectivity index (χ2v) is 3.58. The molecule has 0 spiro atoms. The molecule has 0 amide bonds. The van der Waals surface area contributed by atoms with Gasteiger partial charge >= 0.3 is 0 Å². The number of hydrogen-bond acceptors (Lipinski definition) is 3. The maximum Gasteiger partial charge on any atom is 0.231 e. The maximum absolute atomic E-state index is 5.34. The maximum atomic E-state index is 5.34. The molecule has 0 aromatic heterocycles. The Morgan fingerprint density at radius 2 is 2.00 bits per heavy atom. The summed E-state index contributed by atoms with van der Waals surface area (Å²) < 4.78 is 10.7. The van der Waals surface area contributed by atoms with Gasteiger partial charge in [0.25, 0.3) is 0 Å². The second-order valence-electron chi connectivity index (χ2n) is 3.58. The van der Waals surface area contributed by atoms with Gasteiger partial charge in [-0.25, -0.2) is 0 Å². The third kappa shape index (κ3) is 1.02. The third-order valence-corrected chi connectivity index (χ3v) is 2.72. The van der Waals surface area contributed by atoms with Crippen molar-refractivity contribution in [1.82, 2.24) is 0 Å². The van der Waals surface area contributed by atoms with E-state index < -0.39 is 0 Å². The SMILES string of the molecule is CC1=NCCc2cc3c(cc21)OCO3. The van der Waals surface area contributed by atoms with Crippen LogP contribution in [0.15, 0.2) is 17.1 Å². The van der Waals surface area contributed by atoms with Crippen LogP contribution in [0.5, 0.6) is 11.5 Å². The van der Waals surface area contributed by atoms with Crippen LogP contribution in [-0.2, 0) is 6.42 Å². The Balaban J connectivity index is 2.19. The average Bonchev–Trinajstić information content (AvgIpc) is 2.62. The van der Waals surface area contributed by atoms with Gasteiger partial charge < -0.3 is 9.47 Å². The highest BCUT2D eigenvalue weighted by Crippen LogP contribution is 2.36. The van der Waals surface area contributed by atoms with Crippen molar-refractivity contribution < 1.29 is 9.47 Å². The fourth-order valence-corrected chi connectivity index (χ4v) is 1.96. The molecule has 2 aliphatic heterocycles. The zero-order valence-electron chi connectivity index (χ0n) is 8.04. The number of aliphatic imine (C=N–C) groups is 1. The fraction of sp³-hybridized carbons (Fsp3) is 0.364. The van der Waals surface area contributed by atoms with Gasteiger partial charge in [0.15, 0.2) is 11.5 Å². The van der Waals surface area contributed by atoms with E-state index in [1.165, 1.54) is 11.1 Å². The first-order valence-corrected chi connectivity index (χ1v) is 4.78. The zero-order chi connectivity index (χ0) is 9.54. The molecule has 2 heterocycles. The van der Waals surface area contributed by atoms with Crippen LogP contribution in [0.2, 0.25) is 0 Å². The van der Waals surface area contributed by atoms with Crippen molar-refractivity contribution in [2.24, 2.45) is 4.99 Å². The van der Waals surface area contributed by atoms with Crippen LogP contribution in [-0.4, -0.2) is 19.0 Å². The van der Waals surface area contributed by atoms with Crippen molar-refractivity contribution in [3.8, 4) is 11.5 Å². The first-order valence-electron chi connectivity index (χ1n) is 4.78. The summed E-state index contributed by atoms with van der Waals surface area (Å²) in [6.07, 6.45) is 1.00. The Labute approximate surface area is 82.4 Å². The molecule has 0 radical (unpaired) electrons. The van der Waals surface area contributed by atoms with Crippen molar-refractivity contribution in [2.45, 2.75) is 13.3 Å². The Kier molecular flexibility index (Phi) is 1.54. The van der Waals surface area contributed by atoms with Crippen LogP contribution in [0, 0.1) is 0 Å². The van der Waals surface area contributed by atoms with E-state index in [-0.39, 0.29) is 0 Å². The van der Waals surface area contributed by atoms with Crippen molar-refractivity contribution in [3.63, 3.8) is 0 Å². The van der Waals surface area contributed by atoms with Gasteiger partial charge in [-0.15, -0.1) is 0 Å². The molecule has 72 valence electrons. The normalized spacial score (nSPS) is 17.6. The third-order valence-electron chi connectivity index (χ3n) is 2.72. The van der Waals surface area contributed by atoms with E-state index in [1.807, 2.05) is 13.0 Å². The molecule has 0 fully saturated rings. The van der Waals surface area contributed by atoms with Crippen LogP contribution < -0.4 is 9.47 Å². The molecule has 0 saturated heterocycles. The van der Waals surface area contributed by atoms with Crippen LogP contribution >= 0.6 is 0 Å². The Bertz CT molecular complexity index is 424. The van der Waals surface area contributed by atoms with Gasteiger partial charge in [-0.05, 0) is 31.0 Å². The molecule has 0 unspecified atom stereocenters. The molecule has 0 N–H and O–H groups in total. The molecule has 0 saturated carbocycles. The molecular formula is C11H11NO2. The van der Waals surface area contributed by atoms with Gasteiger partial charge in [-0.1, -0.05) is 0 Å². The fourth-order valence-electron chi connectivity index (χ4n) is 1.96. The van der Waals surface area contributed by atoms with Gasteiger partial charge in [-0.2, -0.15) is 0 Å². The molecule has 0 atom stereocenters. The molecule has 2 aliphatic rings. The Morgan fingerprint density at radius 1 is 1.21 bits per heavy atom. The topological polar surface area (TPSA) is 30.8 Å². The minimum atomic E-state index is 0.342. The predicted molar refractivity (Wildman–Crippen MR) is 53.3 cm³/mol. The first-order chi connectivity index (χ1) is 6.84. The smallest absolute Gasteiger partial charge is 0.231 e. The van der Waals surface area contributed by atoms with Crippen LogP contribution in [0.4, 0.5) is 0 Å². The lowest BCUT2D eigenvalue weighted by Crippen LogP contribution is -2.09. The number of benzene rings is 1. The number of rotatable bonds is 0. The summed E-state index contributed by atoms with van der Waals surface area (Å²) in [4.78, 5) is 4.42. The minimum Gasteiger partial charge on any atom is -0.454 e. The largest absolute Gasteiger partial charge is 0.454 e. The van der Waals surface area contributed by atoms with E-state index in [0.717, 1.165) is 30.2 Å². The standard InChI is InChI=1S/C11H11NO2/c1-7-9-5-11-10(13-6-14-11)4-8(9)2-3-12-7/h4-5H,2-3,6H2,1H3. The lowest BCUT2D eigenvalue weighted by Gasteiger charge is -2.14. The Morgan fingerprint density at radius 3 is 2.86 bits per heavy atom. The van der Waals surface area contributed by atoms with E-state index in [0.29, 0.717) is 6.79 Å². The second kappa shape index (κ2) is 2.74. The molecule has 14 heavy (non-hydrogen) atoms. The number of nitrogens with zero attached hydrogens (tertiary/aromatic N) is 1. The van der Waals surface area contributed by atoms with Gasteiger partial charge in [0.2, 0.25) is 6.79 Å². The van der Waals surface area contributed by atoms with E-state index >= 15 is 0 Å². The van der Waals surface area contributed by atoms with E-state index in [4.69, 9.17) is 9.47 Å². The van der Waals surface area contributed by atoms with E-state index in [2.05, 4.69) is 11.1 Å². The summed E-state index contributed by atoms with van der Waals surface area (Å²) >= 11 is 0. The average molecular weight is 189 g/mol. The molecule has 1 aromatic rings. The monoisotopic (exact) mass is 189 g/mol. The summed E-state index contributed by atoms with van der Waals surface area (Å²) in [5.41, 5.74) is 3.63. The number of fused-ring (bicyclic) bond motifs is 2. The lowest BCUT2D eigenvalue weighted by atomic mass is 9.98. The van der Waals surface area contributed by atoms with Crippen molar-refractivity contribution in [2.75, 3.05) is 13.3 Å². The zero-order valence-corrected chi connectivity index (χ0v) is 8.04. The molecule has 1 aromatic carbocycles. The van der Waals surface area contributed by atoms with Crippen LogP contribution in [0.3, 0.4) is 0 Å². The molecule has 0 aliphatic carbocycles. The first kappa shape index (κ1) is 7.85. The van der Waals surface area contributed by atoms with Gasteiger partial charge in [0, 0.05) is 17.8 Å². The summed E-state index contributed by atoms with van der Waals surface area (Å²) in [7, 11) is 0. The minimum absolute atomic E-state index is 0.342. The van der Waals surface area contributed by atoms with E-state index in [1.54, 1.807) is 0 Å². The van der Waals surface area contributed by atoms with Crippen molar-refractivity contribution in [3.05, 3.63) is 23.3 Å². The predicted octanol–water partition coefficient (Wildman–Crippen LogP) is 1.78. The highest BCUT2D eigenvalue weighted by molar-refractivity contribution is 6.01. The van der Waals surface area contributed by atoms with Crippen molar-refractivity contribution in [1.29, 1.82) is 0 Å². The van der Waals surface area contributed by atoms with Crippen molar-refractivity contribution >= 4 is 5.71 Å². The lowest BCUT2D eigenvalue weighted by molar-refractivity contribution is 0.174. The molecule has 3 rings (SSSR count). The van der Waals surface area contributed by atoms with Gasteiger partial charge in [0.1, 0.15) is 0 Å². The molecule has 3 heteroatoms. The summed E-state index contributed by atoms with van der Waals surface area (Å²) in [5, 5.41) is 0. The molecule has 0 bridgehead atoms. The highest BCUT2D eigenvalue weighted by Gasteiger charge is 2.19. The van der Waals surface area contributed by atoms with Gasteiger partial charge in [0.05, 0.1) is 0 Å². The highest BCUT2D eigenvalue weighted by atomic mass is 16.7. The summed E-state index contributed by atoms with van der Waals surface area (Å²) in [6, 6.07) is 4.12. The molecular weight excluding hydrogens is 178 g/mol. The van der Waals surface area contributed by atoms with Crippen LogP contribution in [0.25, 0.3) is 0 Å². The van der Waals surface area contributed by atoms with E-state index in [9.17, 15) is 0 Å². The number of ether oxygens (including phenoxy) is 2. The Hall–Kier alpha value is -1.51.